The maximum Gasteiger partial charge on any atom is 0.254 e. The molecular formula is C21H23Cl2NO6S. The van der Waals surface area contributed by atoms with Crippen molar-refractivity contribution in [3.63, 3.8) is 0 Å². The number of carbonyl (C=O) groups is 1. The average Bonchev–Trinajstić information content (AvgIpc) is 3.10. The quantitative estimate of drug-likeness (QED) is 0.589. The molecule has 1 atom stereocenters. The van der Waals surface area contributed by atoms with E-state index < -0.39 is 15.9 Å². The second kappa shape index (κ2) is 9.54. The van der Waals surface area contributed by atoms with Crippen LogP contribution in [-0.4, -0.2) is 58.1 Å². The van der Waals surface area contributed by atoms with Crippen LogP contribution in [0.1, 0.15) is 22.3 Å². The van der Waals surface area contributed by atoms with Gasteiger partial charge >= 0.3 is 0 Å². The molecule has 1 amide bonds. The van der Waals surface area contributed by atoms with Crippen LogP contribution < -0.4 is 14.2 Å². The van der Waals surface area contributed by atoms with Crippen LogP contribution in [0.3, 0.4) is 0 Å². The Labute approximate surface area is 191 Å². The van der Waals surface area contributed by atoms with Crippen LogP contribution >= 0.6 is 23.2 Å². The van der Waals surface area contributed by atoms with Gasteiger partial charge in [-0.25, -0.2) is 8.42 Å². The molecule has 2 aromatic rings. The molecule has 1 saturated heterocycles. The number of ether oxygens (including phenoxy) is 3. The lowest BCUT2D eigenvalue weighted by Crippen LogP contribution is -2.40. The van der Waals surface area contributed by atoms with Crippen LogP contribution in [0, 0.1) is 0 Å². The molecule has 1 aliphatic rings. The zero-order chi connectivity index (χ0) is 22.8. The van der Waals surface area contributed by atoms with Crippen LogP contribution in [0.2, 0.25) is 10.0 Å². The normalized spacial score (nSPS) is 17.3. The highest BCUT2D eigenvalue weighted by molar-refractivity contribution is 7.91. The lowest BCUT2D eigenvalue weighted by molar-refractivity contribution is 0.0680. The zero-order valence-corrected chi connectivity index (χ0v) is 19.7. The molecular weight excluding hydrogens is 465 g/mol. The molecule has 0 radical (unpaired) electrons. The first kappa shape index (κ1) is 23.5. The highest BCUT2D eigenvalue weighted by Crippen LogP contribution is 2.35. The fourth-order valence-electron chi connectivity index (χ4n) is 3.61. The summed E-state index contributed by atoms with van der Waals surface area (Å²) in [5.74, 6) is 0.919. The van der Waals surface area contributed by atoms with E-state index >= 15 is 0 Å². The lowest BCUT2D eigenvalue weighted by Gasteiger charge is -2.29. The topological polar surface area (TPSA) is 82.1 Å². The van der Waals surface area contributed by atoms with Gasteiger partial charge < -0.3 is 19.1 Å². The predicted octanol–water partition coefficient (Wildman–Crippen LogP) is 3.85. The van der Waals surface area contributed by atoms with E-state index in [-0.39, 0.29) is 45.3 Å². The van der Waals surface area contributed by atoms with Gasteiger partial charge in [-0.15, -0.1) is 0 Å². The van der Waals surface area contributed by atoms with Crippen LogP contribution in [0.5, 0.6) is 17.2 Å². The molecule has 0 N–H and O–H groups in total. The molecule has 2 aromatic carbocycles. The molecule has 0 bridgehead atoms. The third-order valence-electron chi connectivity index (χ3n) is 5.16. The van der Waals surface area contributed by atoms with Gasteiger partial charge in [0.2, 0.25) is 0 Å². The summed E-state index contributed by atoms with van der Waals surface area (Å²) in [6.07, 6.45) is 0.360. The predicted molar refractivity (Wildman–Crippen MR) is 119 cm³/mol. The van der Waals surface area contributed by atoms with Crippen LogP contribution in [0.15, 0.2) is 30.3 Å². The molecule has 7 nitrogen and oxygen atoms in total. The van der Waals surface area contributed by atoms with Crippen molar-refractivity contribution in [2.24, 2.45) is 0 Å². The van der Waals surface area contributed by atoms with Crippen molar-refractivity contribution in [1.82, 2.24) is 4.90 Å². The van der Waals surface area contributed by atoms with Gasteiger partial charge in [0.25, 0.3) is 5.91 Å². The number of hydrogen-bond donors (Lipinski definition) is 0. The smallest absolute Gasteiger partial charge is 0.254 e. The van der Waals surface area contributed by atoms with Crippen molar-refractivity contribution in [3.8, 4) is 17.2 Å². The van der Waals surface area contributed by atoms with Crippen molar-refractivity contribution in [1.29, 1.82) is 0 Å². The van der Waals surface area contributed by atoms with Crippen LogP contribution in [-0.2, 0) is 16.4 Å². The van der Waals surface area contributed by atoms with E-state index in [0.717, 1.165) is 5.56 Å². The molecule has 168 valence electrons. The standard InChI is InChI=1S/C21H23Cl2NO6S/c1-28-18-5-4-13(8-19(18)29-2)11-24(15-6-7-31(26,27)12-15)21(25)14-9-16(22)20(30-3)17(23)10-14/h4-5,8-10,15H,6-7,11-12H2,1-3H3. The number of rotatable bonds is 7. The SMILES string of the molecule is COc1ccc(CN(C(=O)c2cc(Cl)c(OC)c(Cl)c2)C2CCS(=O)(=O)C2)cc1OC. The van der Waals surface area contributed by atoms with Gasteiger partial charge in [0.1, 0.15) is 0 Å². The van der Waals surface area contributed by atoms with Gasteiger partial charge in [-0.1, -0.05) is 29.3 Å². The van der Waals surface area contributed by atoms with Gasteiger partial charge in [0, 0.05) is 18.2 Å². The van der Waals surface area contributed by atoms with E-state index in [2.05, 4.69) is 0 Å². The van der Waals surface area contributed by atoms with Crippen molar-refractivity contribution in [2.45, 2.75) is 19.0 Å². The maximum atomic E-state index is 13.4. The summed E-state index contributed by atoms with van der Waals surface area (Å²) in [4.78, 5) is 15.0. The average molecular weight is 488 g/mol. The Morgan fingerprint density at radius 2 is 1.68 bits per heavy atom. The van der Waals surface area contributed by atoms with Crippen molar-refractivity contribution in [2.75, 3.05) is 32.8 Å². The van der Waals surface area contributed by atoms with E-state index in [4.69, 9.17) is 37.4 Å². The second-order valence-corrected chi connectivity index (χ2v) is 10.2. The minimum Gasteiger partial charge on any atom is -0.494 e. The molecule has 0 spiro atoms. The number of nitrogens with zero attached hydrogens (tertiary/aromatic N) is 1. The number of amides is 1. The van der Waals surface area contributed by atoms with E-state index in [0.29, 0.717) is 17.9 Å². The van der Waals surface area contributed by atoms with Crippen molar-refractivity contribution < 1.29 is 27.4 Å². The summed E-state index contributed by atoms with van der Waals surface area (Å²) < 4.78 is 40.0. The van der Waals surface area contributed by atoms with Gasteiger partial charge in [-0.05, 0) is 36.2 Å². The molecule has 1 heterocycles. The minimum atomic E-state index is -3.21. The molecule has 3 rings (SSSR count). The summed E-state index contributed by atoms with van der Waals surface area (Å²) in [6, 6.07) is 7.78. The maximum absolute atomic E-state index is 13.4. The lowest BCUT2D eigenvalue weighted by atomic mass is 10.1. The van der Waals surface area contributed by atoms with Crippen LogP contribution in [0.25, 0.3) is 0 Å². The third kappa shape index (κ3) is 5.19. The summed E-state index contributed by atoms with van der Waals surface area (Å²) in [5, 5.41) is 0.395. The van der Waals surface area contributed by atoms with E-state index in [1.807, 2.05) is 0 Å². The number of hydrogen-bond acceptors (Lipinski definition) is 6. The summed E-state index contributed by atoms with van der Waals surface area (Å²) >= 11 is 12.4. The van der Waals surface area contributed by atoms with Gasteiger partial charge in [0.15, 0.2) is 27.1 Å². The van der Waals surface area contributed by atoms with Crippen LogP contribution in [0.4, 0.5) is 0 Å². The fraction of sp³-hybridized carbons (Fsp3) is 0.381. The Kier molecular flexibility index (Phi) is 7.24. The third-order valence-corrected chi connectivity index (χ3v) is 7.47. The number of methoxy groups -OCH3 is 3. The number of halogens is 2. The van der Waals surface area contributed by atoms with Crippen molar-refractivity contribution >= 4 is 38.9 Å². The molecule has 1 fully saturated rings. The van der Waals surface area contributed by atoms with E-state index in [1.165, 1.54) is 33.5 Å². The van der Waals surface area contributed by atoms with Gasteiger partial charge in [-0.3, -0.25) is 4.79 Å². The highest BCUT2D eigenvalue weighted by atomic mass is 35.5. The molecule has 0 aliphatic carbocycles. The van der Waals surface area contributed by atoms with Gasteiger partial charge in [0.05, 0.1) is 42.9 Å². The summed E-state index contributed by atoms with van der Waals surface area (Å²) in [5.41, 5.74) is 1.02. The van der Waals surface area contributed by atoms with E-state index in [1.54, 1.807) is 23.1 Å². The molecule has 1 unspecified atom stereocenters. The summed E-state index contributed by atoms with van der Waals surface area (Å²) in [7, 11) is 1.28. The minimum absolute atomic E-state index is 0.0392. The molecule has 0 aromatic heterocycles. The first-order valence-corrected chi connectivity index (χ1v) is 12.0. The number of sulfone groups is 1. The fourth-order valence-corrected chi connectivity index (χ4v) is 5.98. The molecule has 1 aliphatic heterocycles. The molecule has 31 heavy (non-hydrogen) atoms. The molecule has 10 heteroatoms. The second-order valence-electron chi connectivity index (χ2n) is 7.15. The number of carbonyl (C=O) groups excluding carboxylic acids is 1. The monoisotopic (exact) mass is 487 g/mol. The van der Waals surface area contributed by atoms with E-state index in [9.17, 15) is 13.2 Å². The first-order chi connectivity index (χ1) is 14.7. The first-order valence-electron chi connectivity index (χ1n) is 9.44. The Bertz CT molecular complexity index is 1070. The largest absolute Gasteiger partial charge is 0.494 e. The highest BCUT2D eigenvalue weighted by Gasteiger charge is 2.35. The molecule has 0 saturated carbocycles. The van der Waals surface area contributed by atoms with Gasteiger partial charge in [-0.2, -0.15) is 0 Å². The summed E-state index contributed by atoms with van der Waals surface area (Å²) in [6.45, 7) is 0.181. The van der Waals surface area contributed by atoms with Crippen molar-refractivity contribution in [3.05, 3.63) is 51.5 Å². The number of benzene rings is 2. The Balaban J connectivity index is 1.98. The Morgan fingerprint density at radius 3 is 2.19 bits per heavy atom. The Morgan fingerprint density at radius 1 is 1.03 bits per heavy atom. The Hall–Kier alpha value is -2.16. The zero-order valence-electron chi connectivity index (χ0n) is 17.4.